The van der Waals surface area contributed by atoms with E-state index in [2.05, 4.69) is 28.5 Å². The fourth-order valence-electron chi connectivity index (χ4n) is 4.92. The molecule has 38 heavy (non-hydrogen) atoms. The van der Waals surface area contributed by atoms with Crippen molar-refractivity contribution in [2.75, 3.05) is 26.9 Å². The fourth-order valence-corrected chi connectivity index (χ4v) is 4.92. The highest BCUT2D eigenvalue weighted by atomic mass is 16.6. The Kier molecular flexibility index (Phi) is 6.34. The number of nitriles is 1. The quantitative estimate of drug-likeness (QED) is 0.417. The summed E-state index contributed by atoms with van der Waals surface area (Å²) in [7, 11) is 1.71. The first kappa shape index (κ1) is 24.2. The molecule has 8 heteroatoms. The molecular weight excluding hydrogens is 480 g/mol. The zero-order valence-corrected chi connectivity index (χ0v) is 20.9. The number of nitrogens with zero attached hydrogens (tertiary/aromatic N) is 3. The lowest BCUT2D eigenvalue weighted by Crippen LogP contribution is -2.48. The number of pyridine rings is 2. The second-order valence-corrected chi connectivity index (χ2v) is 9.63. The molecule has 2 aliphatic heterocycles. The molecule has 0 saturated carbocycles. The van der Waals surface area contributed by atoms with Crippen molar-refractivity contribution in [1.82, 2.24) is 15.3 Å². The van der Waals surface area contributed by atoms with Crippen LogP contribution in [0.4, 0.5) is 0 Å². The second-order valence-electron chi connectivity index (χ2n) is 9.63. The lowest BCUT2D eigenvalue weighted by atomic mass is 9.90. The van der Waals surface area contributed by atoms with Crippen LogP contribution >= 0.6 is 0 Å². The number of carbonyl (C=O) groups is 1. The number of carbonyl (C=O) groups excluding carboxylic acids is 1. The SMILES string of the molecule is COC1(c2cccc(-c3ccc4cnc(CNC(=O)c5ccc6c(c5)[C@H](C#N)COC6)cc4n3)c2)COC1. The van der Waals surface area contributed by atoms with E-state index >= 15 is 0 Å². The smallest absolute Gasteiger partial charge is 0.251 e. The molecule has 2 aromatic heterocycles. The van der Waals surface area contributed by atoms with Crippen LogP contribution in [0.25, 0.3) is 22.2 Å². The van der Waals surface area contributed by atoms with E-state index < -0.39 is 5.60 Å². The maximum Gasteiger partial charge on any atom is 0.251 e. The minimum Gasteiger partial charge on any atom is -0.375 e. The standard InChI is InChI=1S/C30H26N4O4/c1-36-30(17-38-18-30)24-4-2-3-19(9-24)27-8-7-21-13-32-25(11-28(21)34-27)14-33-29(35)20-5-6-22-15-37-16-23(12-31)26(22)10-20/h2-11,13,23H,14-18H2,1H3,(H,33,35)/t23-/m1/s1. The molecular formula is C30H26N4O4. The van der Waals surface area contributed by atoms with Crippen LogP contribution in [-0.4, -0.2) is 42.8 Å². The van der Waals surface area contributed by atoms with Gasteiger partial charge in [0.25, 0.3) is 5.91 Å². The third-order valence-corrected chi connectivity index (χ3v) is 7.29. The first-order chi connectivity index (χ1) is 18.6. The minimum atomic E-state index is -0.399. The lowest BCUT2D eigenvalue weighted by Gasteiger charge is -2.40. The van der Waals surface area contributed by atoms with Gasteiger partial charge >= 0.3 is 0 Å². The average molecular weight is 507 g/mol. The Balaban J connectivity index is 1.20. The fraction of sp³-hybridized carbons (Fsp3) is 0.267. The van der Waals surface area contributed by atoms with Gasteiger partial charge in [-0.25, -0.2) is 4.98 Å². The average Bonchev–Trinajstić information content (AvgIpc) is 2.94. The number of amides is 1. The summed E-state index contributed by atoms with van der Waals surface area (Å²) in [5.41, 5.74) is 6.33. The van der Waals surface area contributed by atoms with Gasteiger partial charge in [-0.1, -0.05) is 24.3 Å². The number of hydrogen-bond acceptors (Lipinski definition) is 7. The Bertz CT molecular complexity index is 1570. The van der Waals surface area contributed by atoms with Crippen LogP contribution < -0.4 is 5.32 Å². The van der Waals surface area contributed by atoms with Crippen LogP contribution in [0.15, 0.2) is 66.9 Å². The van der Waals surface area contributed by atoms with Gasteiger partial charge in [-0.15, -0.1) is 0 Å². The Morgan fingerprint density at radius 1 is 1.16 bits per heavy atom. The van der Waals surface area contributed by atoms with Gasteiger partial charge < -0.3 is 19.5 Å². The topological polar surface area (TPSA) is 106 Å². The number of rotatable bonds is 6. The van der Waals surface area contributed by atoms with Gasteiger partial charge in [-0.3, -0.25) is 9.78 Å². The van der Waals surface area contributed by atoms with Crippen LogP contribution in [0.1, 0.15) is 38.7 Å². The Morgan fingerprint density at radius 3 is 2.84 bits per heavy atom. The third-order valence-electron chi connectivity index (χ3n) is 7.29. The number of nitrogens with one attached hydrogen (secondary N) is 1. The van der Waals surface area contributed by atoms with Crippen molar-refractivity contribution >= 4 is 16.8 Å². The molecule has 4 heterocycles. The van der Waals surface area contributed by atoms with Gasteiger partial charge in [-0.2, -0.15) is 5.26 Å². The van der Waals surface area contributed by atoms with Gasteiger partial charge in [0, 0.05) is 29.8 Å². The summed E-state index contributed by atoms with van der Waals surface area (Å²) >= 11 is 0. The molecule has 1 atom stereocenters. The molecule has 4 aromatic rings. The summed E-state index contributed by atoms with van der Waals surface area (Å²) < 4.78 is 16.6. The van der Waals surface area contributed by atoms with Crippen molar-refractivity contribution in [2.24, 2.45) is 0 Å². The van der Waals surface area contributed by atoms with Crippen LogP contribution in [-0.2, 0) is 33.0 Å². The number of fused-ring (bicyclic) bond motifs is 2. The molecule has 8 nitrogen and oxygen atoms in total. The normalized spacial score (nSPS) is 17.7. The number of methoxy groups -OCH3 is 1. The summed E-state index contributed by atoms with van der Waals surface area (Å²) in [6, 6.07) is 21.7. The highest BCUT2D eigenvalue weighted by Crippen LogP contribution is 2.35. The van der Waals surface area contributed by atoms with Crippen molar-refractivity contribution in [3.8, 4) is 17.3 Å². The van der Waals surface area contributed by atoms with Crippen LogP contribution in [0.5, 0.6) is 0 Å². The molecule has 1 N–H and O–H groups in total. The van der Waals surface area contributed by atoms with Crippen molar-refractivity contribution in [1.29, 1.82) is 5.26 Å². The molecule has 0 unspecified atom stereocenters. The predicted octanol–water partition coefficient (Wildman–Crippen LogP) is 4.24. The number of benzene rings is 2. The van der Waals surface area contributed by atoms with Gasteiger partial charge in [0.2, 0.25) is 0 Å². The van der Waals surface area contributed by atoms with Crippen LogP contribution in [0.3, 0.4) is 0 Å². The molecule has 2 aromatic carbocycles. The molecule has 0 spiro atoms. The van der Waals surface area contributed by atoms with Gasteiger partial charge in [0.05, 0.1) is 61.9 Å². The molecule has 0 bridgehead atoms. The summed E-state index contributed by atoms with van der Waals surface area (Å²) in [5.74, 6) is -0.583. The third kappa shape index (κ3) is 4.41. The van der Waals surface area contributed by atoms with E-state index in [9.17, 15) is 10.1 Å². The van der Waals surface area contributed by atoms with E-state index in [1.165, 1.54) is 0 Å². The van der Waals surface area contributed by atoms with E-state index in [-0.39, 0.29) is 18.4 Å². The second kappa shape index (κ2) is 9.95. The molecule has 1 saturated heterocycles. The maximum absolute atomic E-state index is 12.9. The molecule has 190 valence electrons. The summed E-state index contributed by atoms with van der Waals surface area (Å²) in [6.07, 6.45) is 1.77. The highest BCUT2D eigenvalue weighted by molar-refractivity contribution is 5.94. The minimum absolute atomic E-state index is 0.219. The van der Waals surface area contributed by atoms with Crippen molar-refractivity contribution in [3.05, 3.63) is 94.8 Å². The number of hydrogen-bond donors (Lipinski definition) is 1. The molecule has 1 amide bonds. The number of ether oxygens (including phenoxy) is 3. The monoisotopic (exact) mass is 506 g/mol. The summed E-state index contributed by atoms with van der Waals surface area (Å²) in [6.45, 7) is 2.14. The maximum atomic E-state index is 12.9. The number of aromatic nitrogens is 2. The zero-order valence-electron chi connectivity index (χ0n) is 20.9. The van der Waals surface area contributed by atoms with E-state index in [1.54, 1.807) is 25.4 Å². The molecule has 0 radical (unpaired) electrons. The molecule has 1 fully saturated rings. The van der Waals surface area contributed by atoms with E-state index in [1.807, 2.05) is 36.4 Å². The van der Waals surface area contributed by atoms with Gasteiger partial charge in [0.15, 0.2) is 0 Å². The van der Waals surface area contributed by atoms with Gasteiger partial charge in [0.1, 0.15) is 5.60 Å². The van der Waals surface area contributed by atoms with Crippen LogP contribution in [0, 0.1) is 11.3 Å². The summed E-state index contributed by atoms with van der Waals surface area (Å²) in [4.78, 5) is 22.3. The van der Waals surface area contributed by atoms with E-state index in [4.69, 9.17) is 19.2 Å². The highest BCUT2D eigenvalue weighted by Gasteiger charge is 2.40. The zero-order chi connectivity index (χ0) is 26.1. The van der Waals surface area contributed by atoms with Crippen molar-refractivity contribution in [3.63, 3.8) is 0 Å². The van der Waals surface area contributed by atoms with Crippen molar-refractivity contribution < 1.29 is 19.0 Å². The lowest BCUT2D eigenvalue weighted by molar-refractivity contribution is -0.202. The van der Waals surface area contributed by atoms with Crippen molar-refractivity contribution in [2.45, 2.75) is 24.7 Å². The summed E-state index contributed by atoms with van der Waals surface area (Å²) in [5, 5.41) is 13.3. The molecule has 6 rings (SSSR count). The first-order valence-electron chi connectivity index (χ1n) is 12.5. The van der Waals surface area contributed by atoms with E-state index in [0.29, 0.717) is 37.7 Å². The Morgan fingerprint density at radius 2 is 2.05 bits per heavy atom. The molecule has 2 aliphatic rings. The predicted molar refractivity (Wildman–Crippen MR) is 140 cm³/mol. The molecule has 0 aliphatic carbocycles. The largest absolute Gasteiger partial charge is 0.375 e. The van der Waals surface area contributed by atoms with E-state index in [0.717, 1.165) is 38.9 Å². The Hall–Kier alpha value is -4.16. The first-order valence-corrected chi connectivity index (χ1v) is 12.5. The van der Waals surface area contributed by atoms with Gasteiger partial charge in [-0.05, 0) is 53.1 Å². The Labute approximate surface area is 220 Å². The van der Waals surface area contributed by atoms with Crippen LogP contribution in [0.2, 0.25) is 0 Å².